The maximum absolute atomic E-state index is 12.2. The highest BCUT2D eigenvalue weighted by atomic mass is 32.2. The molecule has 1 aliphatic rings. The maximum atomic E-state index is 12.2. The normalized spacial score (nSPS) is 13.9. The molecule has 1 aromatic carbocycles. The molecule has 22 heavy (non-hydrogen) atoms. The van der Waals surface area contributed by atoms with Gasteiger partial charge in [-0.3, -0.25) is 0 Å². The van der Waals surface area contributed by atoms with E-state index < -0.39 is 6.36 Å². The monoisotopic (exact) mass is 349 g/mol. The standard InChI is InChI=1S/C13H14F3N3OS2/c1-2-5-17-11(21)19-12-18-10-4-3-9(20-13(14,15)16)6-8(10)7-22-12/h3-4,6H,2,5,7H2,1H3,(H2,17,18,19,21). The summed E-state index contributed by atoms with van der Waals surface area (Å²) in [4.78, 5) is 4.34. The summed E-state index contributed by atoms with van der Waals surface area (Å²) in [6.45, 7) is 2.79. The number of alkyl halides is 3. The van der Waals surface area contributed by atoms with Crippen LogP contribution in [0.1, 0.15) is 18.9 Å². The molecular weight excluding hydrogens is 335 g/mol. The van der Waals surface area contributed by atoms with Crippen molar-refractivity contribution in [3.8, 4) is 5.75 Å². The van der Waals surface area contributed by atoms with Gasteiger partial charge in [-0.05, 0) is 42.4 Å². The second-order valence-corrected chi connectivity index (χ2v) is 5.80. The number of fused-ring (bicyclic) bond motifs is 1. The highest BCUT2D eigenvalue weighted by molar-refractivity contribution is 8.13. The molecule has 2 N–H and O–H groups in total. The topological polar surface area (TPSA) is 45.7 Å². The first-order valence-corrected chi connectivity index (χ1v) is 7.92. The fourth-order valence-corrected chi connectivity index (χ4v) is 2.84. The molecule has 0 saturated heterocycles. The number of hydrogen-bond acceptors (Lipinski definition) is 4. The van der Waals surface area contributed by atoms with Gasteiger partial charge in [-0.1, -0.05) is 18.7 Å². The predicted octanol–water partition coefficient (Wildman–Crippen LogP) is 3.69. The van der Waals surface area contributed by atoms with Crippen molar-refractivity contribution in [1.82, 2.24) is 10.6 Å². The first-order valence-electron chi connectivity index (χ1n) is 6.52. The second kappa shape index (κ2) is 7.19. The van der Waals surface area contributed by atoms with Crippen LogP contribution in [0.3, 0.4) is 0 Å². The van der Waals surface area contributed by atoms with Crippen LogP contribution in [0.5, 0.6) is 5.75 Å². The predicted molar refractivity (Wildman–Crippen MR) is 85.5 cm³/mol. The third-order valence-corrected chi connectivity index (χ3v) is 3.80. The zero-order valence-electron chi connectivity index (χ0n) is 11.7. The molecular formula is C13H14F3N3OS2. The van der Waals surface area contributed by atoms with Crippen LogP contribution >= 0.6 is 24.0 Å². The Hall–Kier alpha value is -1.48. The number of nitrogens with zero attached hydrogens (tertiary/aromatic N) is 1. The summed E-state index contributed by atoms with van der Waals surface area (Å²) in [6.07, 6.45) is -3.74. The van der Waals surface area contributed by atoms with E-state index in [9.17, 15) is 13.2 Å². The smallest absolute Gasteiger partial charge is 0.406 e. The number of amidine groups is 1. The fourth-order valence-electron chi connectivity index (χ4n) is 1.72. The Morgan fingerprint density at radius 2 is 2.23 bits per heavy atom. The van der Waals surface area contributed by atoms with E-state index in [0.29, 0.717) is 27.3 Å². The third kappa shape index (κ3) is 5.06. The molecule has 0 atom stereocenters. The Bertz CT molecular complexity index is 590. The minimum absolute atomic E-state index is 0.237. The van der Waals surface area contributed by atoms with E-state index in [0.717, 1.165) is 13.0 Å². The van der Waals surface area contributed by atoms with Crippen LogP contribution < -0.4 is 15.4 Å². The van der Waals surface area contributed by atoms with Gasteiger partial charge in [0.05, 0.1) is 5.69 Å². The molecule has 120 valence electrons. The first-order chi connectivity index (χ1) is 10.4. The van der Waals surface area contributed by atoms with Crippen LogP contribution in [0.4, 0.5) is 18.9 Å². The van der Waals surface area contributed by atoms with Crippen LogP contribution in [0, 0.1) is 0 Å². The SMILES string of the molecule is CCCNC(=S)NC1=Nc2ccc(OC(F)(F)F)cc2CS1. The zero-order chi connectivity index (χ0) is 16.2. The Balaban J connectivity index is 2.05. The van der Waals surface area contributed by atoms with Crippen LogP contribution in [0.15, 0.2) is 23.2 Å². The van der Waals surface area contributed by atoms with Gasteiger partial charge in [-0.25, -0.2) is 4.99 Å². The maximum Gasteiger partial charge on any atom is 0.573 e. The van der Waals surface area contributed by atoms with Crippen molar-refractivity contribution in [2.45, 2.75) is 25.5 Å². The number of hydrogen-bond donors (Lipinski definition) is 2. The van der Waals surface area contributed by atoms with Gasteiger partial charge in [-0.2, -0.15) is 0 Å². The molecule has 0 aliphatic carbocycles. The molecule has 0 amide bonds. The van der Waals surface area contributed by atoms with Crippen LogP contribution in [0.2, 0.25) is 0 Å². The summed E-state index contributed by atoms with van der Waals surface area (Å²) in [5, 5.41) is 7.09. The van der Waals surface area contributed by atoms with E-state index in [1.807, 2.05) is 6.92 Å². The number of benzene rings is 1. The lowest BCUT2D eigenvalue weighted by Gasteiger charge is -2.18. The van der Waals surface area contributed by atoms with E-state index in [-0.39, 0.29) is 5.75 Å². The number of thiocarbonyl (C=S) groups is 1. The van der Waals surface area contributed by atoms with Crippen molar-refractivity contribution in [1.29, 1.82) is 0 Å². The summed E-state index contributed by atoms with van der Waals surface area (Å²) in [7, 11) is 0. The molecule has 0 spiro atoms. The summed E-state index contributed by atoms with van der Waals surface area (Å²) in [6, 6.07) is 4.10. The summed E-state index contributed by atoms with van der Waals surface area (Å²) in [5.74, 6) is 0.255. The third-order valence-electron chi connectivity index (χ3n) is 2.63. The van der Waals surface area contributed by atoms with Crippen molar-refractivity contribution in [3.63, 3.8) is 0 Å². The van der Waals surface area contributed by atoms with E-state index in [4.69, 9.17) is 12.2 Å². The zero-order valence-corrected chi connectivity index (χ0v) is 13.3. The number of aliphatic imine (C=N–C) groups is 1. The van der Waals surface area contributed by atoms with Gasteiger partial charge in [0.1, 0.15) is 5.75 Å². The largest absolute Gasteiger partial charge is 0.573 e. The summed E-state index contributed by atoms with van der Waals surface area (Å²) < 4.78 is 40.5. The van der Waals surface area contributed by atoms with E-state index >= 15 is 0 Å². The van der Waals surface area contributed by atoms with E-state index in [2.05, 4.69) is 20.4 Å². The first kappa shape index (κ1) is 16.9. The number of rotatable bonds is 3. The van der Waals surface area contributed by atoms with Gasteiger partial charge in [-0.15, -0.1) is 13.2 Å². The molecule has 0 radical (unpaired) electrons. The minimum Gasteiger partial charge on any atom is -0.406 e. The summed E-state index contributed by atoms with van der Waals surface area (Å²) in [5.41, 5.74) is 1.29. The van der Waals surface area contributed by atoms with Crippen LogP contribution in [-0.2, 0) is 5.75 Å². The van der Waals surface area contributed by atoms with Crippen molar-refractivity contribution in [2.24, 2.45) is 4.99 Å². The van der Waals surface area contributed by atoms with Gasteiger partial charge in [0.2, 0.25) is 0 Å². The van der Waals surface area contributed by atoms with E-state index in [1.165, 1.54) is 30.0 Å². The lowest BCUT2D eigenvalue weighted by Crippen LogP contribution is -2.38. The molecule has 9 heteroatoms. The molecule has 4 nitrogen and oxygen atoms in total. The average Bonchev–Trinajstić information content (AvgIpc) is 2.43. The number of nitrogens with one attached hydrogen (secondary N) is 2. The number of halogens is 3. The quantitative estimate of drug-likeness (QED) is 0.815. The molecule has 1 aliphatic heterocycles. The van der Waals surface area contributed by atoms with Crippen molar-refractivity contribution in [2.75, 3.05) is 6.54 Å². The second-order valence-electron chi connectivity index (χ2n) is 4.42. The van der Waals surface area contributed by atoms with Gasteiger partial charge in [0.25, 0.3) is 0 Å². The molecule has 0 unspecified atom stereocenters. The number of ether oxygens (including phenoxy) is 1. The van der Waals surface area contributed by atoms with Crippen molar-refractivity contribution in [3.05, 3.63) is 23.8 Å². The molecule has 1 aromatic rings. The Kier molecular flexibility index (Phi) is 5.52. The minimum atomic E-state index is -4.69. The van der Waals surface area contributed by atoms with E-state index in [1.54, 1.807) is 0 Å². The molecule has 0 aromatic heterocycles. The highest BCUT2D eigenvalue weighted by Gasteiger charge is 2.31. The molecule has 1 heterocycles. The van der Waals surface area contributed by atoms with Gasteiger partial charge >= 0.3 is 6.36 Å². The molecule has 2 rings (SSSR count). The molecule has 0 bridgehead atoms. The van der Waals surface area contributed by atoms with Crippen molar-refractivity contribution >= 4 is 39.9 Å². The molecule has 0 fully saturated rings. The fraction of sp³-hybridized carbons (Fsp3) is 0.385. The lowest BCUT2D eigenvalue weighted by atomic mass is 10.2. The van der Waals surface area contributed by atoms with Crippen LogP contribution in [-0.4, -0.2) is 23.2 Å². The average molecular weight is 349 g/mol. The van der Waals surface area contributed by atoms with Crippen LogP contribution in [0.25, 0.3) is 0 Å². The van der Waals surface area contributed by atoms with Gasteiger partial charge in [0.15, 0.2) is 10.3 Å². The number of thioether (sulfide) groups is 1. The Morgan fingerprint density at radius 1 is 1.45 bits per heavy atom. The Morgan fingerprint density at radius 3 is 2.91 bits per heavy atom. The lowest BCUT2D eigenvalue weighted by molar-refractivity contribution is -0.274. The van der Waals surface area contributed by atoms with Crippen molar-refractivity contribution < 1.29 is 17.9 Å². The Labute approximate surface area is 135 Å². The van der Waals surface area contributed by atoms with Gasteiger partial charge in [0, 0.05) is 12.3 Å². The molecule has 0 saturated carbocycles. The highest BCUT2D eigenvalue weighted by Crippen LogP contribution is 2.34. The van der Waals surface area contributed by atoms with Gasteiger partial charge < -0.3 is 15.4 Å². The summed E-state index contributed by atoms with van der Waals surface area (Å²) >= 11 is 6.49.